The minimum absolute atomic E-state index is 0.0810. The lowest BCUT2D eigenvalue weighted by atomic mass is 9.77. The standard InChI is InChI=1S/C28H20F3O6PS.C17H10F6O8S2/c29-28(30,31)39(33,34)37-23-15-7-13-21-25(23)27(17-35-21)18-36-22-14-8-16-24(26(22)27)38(32,19-9-3-1-4-10-19)20-11-5-2-6-12-20;18-16(19,20)32(24,25)30-11-5-1-3-9-13(11)15(7-28-9)8-29-10-4-2-6-12(14(10)15)31-33(26,27)17(21,22)23/h1-16H,17-18H2;1-6H,7-8H2. The minimum atomic E-state index is -6.13. The third-order valence-corrected chi connectivity index (χ3v) is 17.8. The molecule has 0 amide bonds. The largest absolute Gasteiger partial charge is 0.534 e. The van der Waals surface area contributed by atoms with Gasteiger partial charge in [-0.2, -0.15) is 64.8 Å². The van der Waals surface area contributed by atoms with Crippen LogP contribution in [0.3, 0.4) is 0 Å². The van der Waals surface area contributed by atoms with Crippen LogP contribution in [0.2, 0.25) is 0 Å². The molecule has 1 unspecified atom stereocenters. The number of ether oxygens (including phenoxy) is 4. The lowest BCUT2D eigenvalue weighted by Gasteiger charge is -2.28. The van der Waals surface area contributed by atoms with Crippen LogP contribution in [-0.2, 0) is 45.7 Å². The second kappa shape index (κ2) is 17.3. The lowest BCUT2D eigenvalue weighted by molar-refractivity contribution is -0.0505. The van der Waals surface area contributed by atoms with Gasteiger partial charge in [-0.05, 0) is 42.5 Å². The van der Waals surface area contributed by atoms with Crippen LogP contribution in [0.4, 0.5) is 39.5 Å². The molecule has 0 aromatic heterocycles. The zero-order chi connectivity index (χ0) is 51.9. The number of hydrogen-bond acceptors (Lipinski definition) is 14. The average Bonchev–Trinajstić information content (AvgIpc) is 4.10. The fourth-order valence-corrected chi connectivity index (χ4v) is 13.2. The average molecular weight is 1090 g/mol. The van der Waals surface area contributed by atoms with E-state index in [2.05, 4.69) is 12.5 Å². The van der Waals surface area contributed by atoms with Crippen molar-refractivity contribution >= 4 is 53.4 Å². The monoisotopic (exact) mass is 1090 g/mol. The van der Waals surface area contributed by atoms with Gasteiger partial charge in [0.2, 0.25) is 0 Å². The summed E-state index contributed by atoms with van der Waals surface area (Å²) in [5, 5.41) is 1.52. The van der Waals surface area contributed by atoms with Crippen molar-refractivity contribution in [2.75, 3.05) is 26.4 Å². The van der Waals surface area contributed by atoms with Crippen LogP contribution in [0.5, 0.6) is 40.2 Å². The van der Waals surface area contributed by atoms with Gasteiger partial charge in [0.15, 0.2) is 24.4 Å². The Balaban J connectivity index is 0.000000181. The third-order valence-electron chi connectivity index (χ3n) is 11.8. The van der Waals surface area contributed by atoms with Crippen molar-refractivity contribution in [3.8, 4) is 40.2 Å². The predicted octanol–water partition coefficient (Wildman–Crippen LogP) is 7.84. The van der Waals surface area contributed by atoms with Gasteiger partial charge in [0.1, 0.15) is 54.8 Å². The van der Waals surface area contributed by atoms with E-state index in [1.807, 2.05) is 12.1 Å². The van der Waals surface area contributed by atoms with E-state index < -0.39 is 95.3 Å². The van der Waals surface area contributed by atoms with Crippen molar-refractivity contribution in [2.24, 2.45) is 0 Å². The van der Waals surface area contributed by atoms with Gasteiger partial charge in [-0.25, -0.2) is 0 Å². The van der Waals surface area contributed by atoms with E-state index in [9.17, 15) is 64.8 Å². The number of benzene rings is 6. The molecule has 0 N–H and O–H groups in total. The van der Waals surface area contributed by atoms with E-state index in [1.54, 1.807) is 66.7 Å². The van der Waals surface area contributed by atoms with Gasteiger partial charge >= 0.3 is 46.9 Å². The highest BCUT2D eigenvalue weighted by atomic mass is 32.2. The van der Waals surface area contributed by atoms with Crippen LogP contribution >= 0.6 is 7.14 Å². The number of alkyl halides is 9. The van der Waals surface area contributed by atoms with Crippen LogP contribution in [0.1, 0.15) is 22.3 Å². The molecule has 14 nitrogen and oxygen atoms in total. The quantitative estimate of drug-likeness (QED) is 0.0591. The Morgan fingerprint density at radius 2 is 0.667 bits per heavy atom. The molecule has 0 saturated heterocycles. The molecule has 0 aliphatic carbocycles. The normalized spacial score (nSPS) is 17.7. The Labute approximate surface area is 402 Å². The molecule has 6 aromatic rings. The summed E-state index contributed by atoms with van der Waals surface area (Å²) in [5.41, 5.74) is -20.2. The maximum absolute atomic E-state index is 15.3. The molecule has 0 saturated carbocycles. The molecule has 380 valence electrons. The summed E-state index contributed by atoms with van der Waals surface area (Å²) >= 11 is 0. The molecule has 0 fully saturated rings. The Hall–Kier alpha value is -6.63. The first-order valence-electron chi connectivity index (χ1n) is 20.5. The van der Waals surface area contributed by atoms with Crippen LogP contribution in [0, 0.1) is 0 Å². The van der Waals surface area contributed by atoms with Crippen LogP contribution in [0.15, 0.2) is 133 Å². The molecule has 4 aliphatic rings. The van der Waals surface area contributed by atoms with Gasteiger partial charge in [-0.15, -0.1) is 0 Å². The summed E-state index contributed by atoms with van der Waals surface area (Å²) in [7, 11) is -21.8. The van der Waals surface area contributed by atoms with Crippen molar-refractivity contribution < 1.29 is 101 Å². The zero-order valence-electron chi connectivity index (χ0n) is 35.8. The first-order valence-corrected chi connectivity index (χ1v) is 26.4. The van der Waals surface area contributed by atoms with Gasteiger partial charge in [0, 0.05) is 21.5 Å². The van der Waals surface area contributed by atoms with E-state index >= 15 is 4.57 Å². The second-order valence-electron chi connectivity index (χ2n) is 16.1. The van der Waals surface area contributed by atoms with Crippen molar-refractivity contribution in [1.82, 2.24) is 0 Å². The smallest absolute Gasteiger partial charge is 0.492 e. The number of rotatable bonds is 9. The highest BCUT2D eigenvalue weighted by Gasteiger charge is 2.58. The summed E-state index contributed by atoms with van der Waals surface area (Å²) in [6.45, 7) is -1.06. The van der Waals surface area contributed by atoms with Gasteiger partial charge in [-0.3, -0.25) is 0 Å². The number of halogens is 9. The van der Waals surface area contributed by atoms with Crippen molar-refractivity contribution in [3.05, 3.63) is 156 Å². The third kappa shape index (κ3) is 8.20. The van der Waals surface area contributed by atoms with E-state index in [0.29, 0.717) is 27.2 Å². The molecule has 4 heterocycles. The second-order valence-corrected chi connectivity index (χ2v) is 23.4. The molecule has 72 heavy (non-hydrogen) atoms. The predicted molar refractivity (Wildman–Crippen MR) is 236 cm³/mol. The summed E-state index contributed by atoms with van der Waals surface area (Å²) in [4.78, 5) is 0. The molecule has 1 atom stereocenters. The molecule has 0 bridgehead atoms. The molecule has 27 heteroatoms. The number of fused-ring (bicyclic) bond motifs is 8. The van der Waals surface area contributed by atoms with Crippen LogP contribution in [0.25, 0.3) is 0 Å². The van der Waals surface area contributed by atoms with Gasteiger partial charge in [0.05, 0.1) is 22.1 Å². The summed E-state index contributed by atoms with van der Waals surface area (Å²) in [6.07, 6.45) is 0. The lowest BCUT2D eigenvalue weighted by Crippen LogP contribution is -2.38. The van der Waals surface area contributed by atoms with E-state index in [1.165, 1.54) is 24.3 Å². The van der Waals surface area contributed by atoms with Crippen LogP contribution < -0.4 is 47.4 Å². The zero-order valence-corrected chi connectivity index (χ0v) is 39.2. The first-order chi connectivity index (χ1) is 33.7. The first kappa shape index (κ1) is 50.3. The summed E-state index contributed by atoms with van der Waals surface area (Å²) < 4.78 is 239. The maximum Gasteiger partial charge on any atom is 0.534 e. The van der Waals surface area contributed by atoms with Crippen molar-refractivity contribution in [2.45, 2.75) is 27.4 Å². The molecule has 10 rings (SSSR count). The summed E-state index contributed by atoms with van der Waals surface area (Å²) in [5.74, 6) is -1.93. The van der Waals surface area contributed by atoms with Crippen molar-refractivity contribution in [3.63, 3.8) is 0 Å². The minimum Gasteiger partial charge on any atom is -0.492 e. The molecule has 6 aromatic carbocycles. The molecule has 2 spiro atoms. The van der Waals surface area contributed by atoms with E-state index in [0.717, 1.165) is 30.3 Å². The van der Waals surface area contributed by atoms with Gasteiger partial charge in [-0.1, -0.05) is 91.0 Å². The topological polar surface area (TPSA) is 184 Å². The Morgan fingerprint density at radius 1 is 0.389 bits per heavy atom. The van der Waals surface area contributed by atoms with Gasteiger partial charge < -0.3 is 36.1 Å². The SMILES string of the molecule is O=P(c1ccccc1)(c1ccccc1)c1cccc2c1C1(COc3cccc(OS(=O)(=O)C(F)(F)F)c31)CO2.O=S(=O)(Oc1cccc2c1C1(CO2)COc2cccc(OS(=O)(=O)C(F)(F)F)c21)C(F)(F)F. The molecular formula is C45H30F9O14PS3. The molecule has 0 radical (unpaired) electrons. The fraction of sp³-hybridized carbons (Fsp3) is 0.200. The van der Waals surface area contributed by atoms with E-state index in [-0.39, 0.29) is 47.2 Å². The fourth-order valence-electron chi connectivity index (χ4n) is 8.81. The summed E-state index contributed by atoms with van der Waals surface area (Å²) in [6, 6.07) is 33.4. The Kier molecular flexibility index (Phi) is 12.1. The Bertz CT molecular complexity index is 3370. The van der Waals surface area contributed by atoms with Gasteiger partial charge in [0.25, 0.3) is 0 Å². The highest BCUT2D eigenvalue weighted by Crippen LogP contribution is 2.59. The van der Waals surface area contributed by atoms with Crippen LogP contribution in [-0.4, -0.2) is 68.2 Å². The molecular weight excluding hydrogens is 1060 g/mol. The maximum atomic E-state index is 15.3. The highest BCUT2D eigenvalue weighted by molar-refractivity contribution is 7.88. The number of hydrogen-bond donors (Lipinski definition) is 0. The Morgan fingerprint density at radius 3 is 0.972 bits per heavy atom. The van der Waals surface area contributed by atoms with Crippen molar-refractivity contribution in [1.29, 1.82) is 0 Å². The molecule has 4 aliphatic heterocycles. The van der Waals surface area contributed by atoms with E-state index in [4.69, 9.17) is 18.9 Å².